The van der Waals surface area contributed by atoms with E-state index in [1.54, 1.807) is 12.1 Å². The molecule has 1 aliphatic heterocycles. The Bertz CT molecular complexity index is 672. The van der Waals surface area contributed by atoms with E-state index in [-0.39, 0.29) is 6.54 Å². The number of allylic oxidation sites excluding steroid dienone is 1. The quantitative estimate of drug-likeness (QED) is 0.819. The Labute approximate surface area is 127 Å². The maximum absolute atomic E-state index is 11.9. The third-order valence-corrected chi connectivity index (χ3v) is 4.01. The number of Topliss-reactive ketones (excluding diaryl/α,β-unsaturated/α-hetero) is 1. The van der Waals surface area contributed by atoms with Crippen molar-refractivity contribution in [2.24, 2.45) is 0 Å². The van der Waals surface area contributed by atoms with Crippen LogP contribution in [0.15, 0.2) is 30.3 Å². The molecule has 1 N–H and O–H groups in total. The summed E-state index contributed by atoms with van der Waals surface area (Å²) in [4.78, 5) is 38.5. The highest BCUT2D eigenvalue weighted by molar-refractivity contribution is 6.50. The lowest BCUT2D eigenvalue weighted by atomic mass is 9.92. The van der Waals surface area contributed by atoms with Crippen LogP contribution in [0, 0.1) is 0 Å². The zero-order valence-corrected chi connectivity index (χ0v) is 12.0. The first-order valence-corrected chi connectivity index (χ1v) is 7.15. The largest absolute Gasteiger partial charge is 0.480 e. The van der Waals surface area contributed by atoms with E-state index in [1.165, 1.54) is 6.08 Å². The lowest BCUT2D eigenvalue weighted by Crippen LogP contribution is -2.47. The average molecular weight is 300 g/mol. The standard InChI is InChI=1S/C16H16N2O4/c19-14-9-13(11-3-1-2-4-12(11)16(14)22)18-7-5-17(6-8-18)10-15(20)21/h1-4,9H,5-8,10H2,(H,20,21). The fraction of sp³-hybridized carbons (Fsp3) is 0.312. The summed E-state index contributed by atoms with van der Waals surface area (Å²) >= 11 is 0. The van der Waals surface area contributed by atoms with E-state index in [1.807, 2.05) is 21.9 Å². The number of benzene rings is 1. The zero-order valence-electron chi connectivity index (χ0n) is 12.0. The smallest absolute Gasteiger partial charge is 0.317 e. The molecule has 1 fully saturated rings. The molecule has 0 saturated carbocycles. The van der Waals surface area contributed by atoms with Crippen molar-refractivity contribution in [2.75, 3.05) is 32.7 Å². The summed E-state index contributed by atoms with van der Waals surface area (Å²) in [5.41, 5.74) is 1.98. The molecular formula is C16H16N2O4. The van der Waals surface area contributed by atoms with E-state index in [0.29, 0.717) is 31.7 Å². The fourth-order valence-electron chi connectivity index (χ4n) is 2.90. The first-order chi connectivity index (χ1) is 10.6. The van der Waals surface area contributed by atoms with Crippen LogP contribution in [0.5, 0.6) is 0 Å². The van der Waals surface area contributed by atoms with Gasteiger partial charge in [-0.05, 0) is 0 Å². The van der Waals surface area contributed by atoms with Crippen molar-refractivity contribution in [2.45, 2.75) is 0 Å². The molecule has 0 bridgehead atoms. The number of hydrogen-bond donors (Lipinski definition) is 1. The van der Waals surface area contributed by atoms with Gasteiger partial charge in [-0.15, -0.1) is 0 Å². The van der Waals surface area contributed by atoms with Crippen molar-refractivity contribution < 1.29 is 19.5 Å². The number of carbonyl (C=O) groups is 3. The maximum Gasteiger partial charge on any atom is 0.317 e. The first kappa shape index (κ1) is 14.5. The van der Waals surface area contributed by atoms with Crippen LogP contribution in [-0.4, -0.2) is 65.2 Å². The van der Waals surface area contributed by atoms with Gasteiger partial charge in [-0.2, -0.15) is 0 Å². The van der Waals surface area contributed by atoms with Crippen LogP contribution in [-0.2, 0) is 9.59 Å². The molecule has 1 aromatic carbocycles. The van der Waals surface area contributed by atoms with Gasteiger partial charge >= 0.3 is 5.97 Å². The molecule has 1 aliphatic carbocycles. The number of ketones is 2. The summed E-state index contributed by atoms with van der Waals surface area (Å²) in [6.45, 7) is 2.53. The molecule has 6 heteroatoms. The molecule has 0 atom stereocenters. The van der Waals surface area contributed by atoms with Gasteiger partial charge in [0.2, 0.25) is 11.6 Å². The Balaban J connectivity index is 1.81. The van der Waals surface area contributed by atoms with E-state index >= 15 is 0 Å². The lowest BCUT2D eigenvalue weighted by molar-refractivity contribution is -0.138. The van der Waals surface area contributed by atoms with Crippen LogP contribution in [0.1, 0.15) is 15.9 Å². The second kappa shape index (κ2) is 5.73. The Morgan fingerprint density at radius 1 is 1.05 bits per heavy atom. The van der Waals surface area contributed by atoms with Gasteiger partial charge in [-0.25, -0.2) is 0 Å². The molecule has 22 heavy (non-hydrogen) atoms. The number of aliphatic carboxylic acids is 1. The number of nitrogens with zero attached hydrogens (tertiary/aromatic N) is 2. The highest BCUT2D eigenvalue weighted by atomic mass is 16.4. The molecular weight excluding hydrogens is 284 g/mol. The summed E-state index contributed by atoms with van der Waals surface area (Å²) in [7, 11) is 0. The summed E-state index contributed by atoms with van der Waals surface area (Å²) in [5.74, 6) is -1.80. The van der Waals surface area contributed by atoms with E-state index in [9.17, 15) is 14.4 Å². The fourth-order valence-corrected chi connectivity index (χ4v) is 2.90. The van der Waals surface area contributed by atoms with Crippen LogP contribution < -0.4 is 0 Å². The Morgan fingerprint density at radius 2 is 1.68 bits per heavy atom. The van der Waals surface area contributed by atoms with Gasteiger partial charge in [0.25, 0.3) is 0 Å². The van der Waals surface area contributed by atoms with Crippen molar-refractivity contribution in [1.29, 1.82) is 0 Å². The van der Waals surface area contributed by atoms with Crippen molar-refractivity contribution in [3.8, 4) is 0 Å². The second-order valence-electron chi connectivity index (χ2n) is 5.43. The van der Waals surface area contributed by atoms with E-state index in [2.05, 4.69) is 0 Å². The van der Waals surface area contributed by atoms with E-state index < -0.39 is 17.5 Å². The predicted molar refractivity (Wildman–Crippen MR) is 79.4 cm³/mol. The molecule has 0 amide bonds. The summed E-state index contributed by atoms with van der Waals surface area (Å²) in [6.07, 6.45) is 1.40. The lowest BCUT2D eigenvalue weighted by Gasteiger charge is -2.37. The molecule has 1 saturated heterocycles. The van der Waals surface area contributed by atoms with Crippen molar-refractivity contribution in [3.63, 3.8) is 0 Å². The first-order valence-electron chi connectivity index (χ1n) is 7.15. The number of piperazine rings is 1. The third-order valence-electron chi connectivity index (χ3n) is 4.01. The summed E-state index contributed by atoms with van der Waals surface area (Å²) in [5, 5.41) is 8.83. The molecule has 6 nitrogen and oxygen atoms in total. The van der Waals surface area contributed by atoms with Gasteiger partial charge in [0.1, 0.15) is 0 Å². The van der Waals surface area contributed by atoms with Crippen LogP contribution in [0.2, 0.25) is 0 Å². The number of carbonyl (C=O) groups excluding carboxylic acids is 2. The number of fused-ring (bicyclic) bond motifs is 1. The van der Waals surface area contributed by atoms with Gasteiger partial charge in [-0.1, -0.05) is 24.3 Å². The van der Waals surface area contributed by atoms with Gasteiger partial charge in [0.05, 0.1) is 6.54 Å². The number of carboxylic acid groups (broad SMARTS) is 1. The predicted octanol–water partition coefficient (Wildman–Crippen LogP) is 0.495. The number of rotatable bonds is 3. The normalized spacial score (nSPS) is 18.9. The van der Waals surface area contributed by atoms with E-state index in [0.717, 1.165) is 11.3 Å². The van der Waals surface area contributed by atoms with Crippen molar-refractivity contribution in [1.82, 2.24) is 9.80 Å². The Hall–Kier alpha value is -2.47. The van der Waals surface area contributed by atoms with Crippen molar-refractivity contribution in [3.05, 3.63) is 41.5 Å². The molecule has 0 spiro atoms. The Kier molecular flexibility index (Phi) is 3.77. The maximum atomic E-state index is 11.9. The topological polar surface area (TPSA) is 77.9 Å². The highest BCUT2D eigenvalue weighted by Gasteiger charge is 2.29. The highest BCUT2D eigenvalue weighted by Crippen LogP contribution is 2.28. The third kappa shape index (κ3) is 2.65. The molecule has 114 valence electrons. The van der Waals surface area contributed by atoms with Gasteiger partial charge < -0.3 is 10.0 Å². The molecule has 0 radical (unpaired) electrons. The summed E-state index contributed by atoms with van der Waals surface area (Å²) < 4.78 is 0. The van der Waals surface area contributed by atoms with Gasteiger partial charge in [0.15, 0.2) is 0 Å². The van der Waals surface area contributed by atoms with E-state index in [4.69, 9.17) is 5.11 Å². The van der Waals surface area contributed by atoms with Crippen molar-refractivity contribution >= 4 is 23.2 Å². The number of hydrogen-bond acceptors (Lipinski definition) is 5. The minimum atomic E-state index is -0.837. The monoisotopic (exact) mass is 300 g/mol. The minimum Gasteiger partial charge on any atom is -0.480 e. The van der Waals surface area contributed by atoms with Gasteiger partial charge in [-0.3, -0.25) is 19.3 Å². The Morgan fingerprint density at radius 3 is 2.32 bits per heavy atom. The number of carboxylic acids is 1. The summed E-state index contributed by atoms with van der Waals surface area (Å²) in [6, 6.07) is 7.10. The van der Waals surface area contributed by atoms with Crippen LogP contribution in [0.25, 0.3) is 5.70 Å². The molecule has 1 aromatic rings. The average Bonchev–Trinajstić information content (AvgIpc) is 2.51. The second-order valence-corrected chi connectivity index (χ2v) is 5.43. The molecule has 2 aliphatic rings. The molecule has 3 rings (SSSR count). The molecule has 0 aromatic heterocycles. The van der Waals surface area contributed by atoms with Crippen LogP contribution in [0.4, 0.5) is 0 Å². The SMILES string of the molecule is O=C(O)CN1CCN(C2=CC(=O)C(=O)c3ccccc32)CC1. The van der Waals surface area contributed by atoms with Gasteiger partial charge in [0, 0.05) is 49.1 Å². The zero-order chi connectivity index (χ0) is 15.7. The molecule has 0 unspecified atom stereocenters. The van der Waals surface area contributed by atoms with Crippen LogP contribution in [0.3, 0.4) is 0 Å². The molecule has 1 heterocycles. The van der Waals surface area contributed by atoms with Crippen LogP contribution >= 0.6 is 0 Å². The minimum absolute atomic E-state index is 0.0287.